The van der Waals surface area contributed by atoms with Gasteiger partial charge in [0.05, 0.1) is 22.0 Å². The lowest BCUT2D eigenvalue weighted by molar-refractivity contribution is -0.141. The molecule has 2 rings (SSSR count). The van der Waals surface area contributed by atoms with Crippen molar-refractivity contribution in [3.8, 4) is 0 Å². The molecule has 0 heterocycles. The molecule has 1 atom stereocenters. The van der Waals surface area contributed by atoms with Crippen molar-refractivity contribution in [3.05, 3.63) is 63.6 Å². The second-order valence-electron chi connectivity index (χ2n) is 9.13. The standard InChI is InChI=1S/C26H35Cl2N3O4S/c1-6-24(26(33)29-18(2)3)30(17-20-11-14-22(27)23(28)16-20)25(32)8-7-15-31(36(5,34)35)21-12-9-19(4)10-13-21/h9-14,16,18,24H,6-8,15,17H2,1-5H3,(H,29,33)/t24-/m0/s1. The molecule has 0 aliphatic heterocycles. The summed E-state index contributed by atoms with van der Waals surface area (Å²) in [6, 6.07) is 11.5. The lowest BCUT2D eigenvalue weighted by Gasteiger charge is -2.31. The Morgan fingerprint density at radius 3 is 2.19 bits per heavy atom. The van der Waals surface area contributed by atoms with Crippen molar-refractivity contribution in [2.45, 2.75) is 65.6 Å². The highest BCUT2D eigenvalue weighted by atomic mass is 35.5. The normalized spacial score (nSPS) is 12.3. The summed E-state index contributed by atoms with van der Waals surface area (Å²) in [6.45, 7) is 7.82. The van der Waals surface area contributed by atoms with E-state index in [1.165, 1.54) is 9.21 Å². The number of amides is 2. The number of sulfonamides is 1. The molecule has 0 saturated carbocycles. The Labute approximate surface area is 224 Å². The fraction of sp³-hybridized carbons (Fsp3) is 0.462. The number of benzene rings is 2. The summed E-state index contributed by atoms with van der Waals surface area (Å²) in [5.74, 6) is -0.484. The minimum atomic E-state index is -3.54. The van der Waals surface area contributed by atoms with Gasteiger partial charge < -0.3 is 10.2 Å². The van der Waals surface area contributed by atoms with Gasteiger partial charge in [-0.05, 0) is 63.4 Å². The third-order valence-electron chi connectivity index (χ3n) is 5.63. The summed E-state index contributed by atoms with van der Waals surface area (Å²) in [5.41, 5.74) is 2.31. The number of carbonyl (C=O) groups is 2. The molecule has 198 valence electrons. The average Bonchev–Trinajstić information content (AvgIpc) is 2.78. The molecule has 0 aliphatic carbocycles. The summed E-state index contributed by atoms with van der Waals surface area (Å²) in [5, 5.41) is 3.65. The number of nitrogens with zero attached hydrogens (tertiary/aromatic N) is 2. The molecule has 2 aromatic carbocycles. The van der Waals surface area contributed by atoms with Gasteiger partial charge in [-0.25, -0.2) is 8.42 Å². The maximum atomic E-state index is 13.4. The summed E-state index contributed by atoms with van der Waals surface area (Å²) < 4.78 is 26.2. The molecule has 0 spiro atoms. The van der Waals surface area contributed by atoms with E-state index < -0.39 is 16.1 Å². The van der Waals surface area contributed by atoms with Gasteiger partial charge >= 0.3 is 0 Å². The zero-order chi connectivity index (χ0) is 27.0. The minimum absolute atomic E-state index is 0.0741. The Morgan fingerprint density at radius 2 is 1.67 bits per heavy atom. The average molecular weight is 557 g/mol. The molecule has 0 unspecified atom stereocenters. The first-order chi connectivity index (χ1) is 16.8. The maximum absolute atomic E-state index is 13.4. The second-order valence-corrected chi connectivity index (χ2v) is 11.9. The zero-order valence-corrected chi connectivity index (χ0v) is 23.8. The second kappa shape index (κ2) is 13.3. The van der Waals surface area contributed by atoms with Gasteiger partial charge in [-0.2, -0.15) is 0 Å². The number of hydrogen-bond donors (Lipinski definition) is 1. The number of carbonyl (C=O) groups excluding carboxylic acids is 2. The molecular formula is C26H35Cl2N3O4S. The van der Waals surface area contributed by atoms with Gasteiger partial charge in [0.15, 0.2) is 0 Å². The molecule has 0 saturated heterocycles. The lowest BCUT2D eigenvalue weighted by Crippen LogP contribution is -2.50. The molecule has 0 fully saturated rings. The van der Waals surface area contributed by atoms with Crippen LogP contribution in [0.15, 0.2) is 42.5 Å². The van der Waals surface area contributed by atoms with Crippen molar-refractivity contribution in [1.29, 1.82) is 0 Å². The third kappa shape index (κ3) is 8.68. The van der Waals surface area contributed by atoms with Crippen LogP contribution in [0.2, 0.25) is 10.0 Å². The van der Waals surface area contributed by atoms with Gasteiger partial charge in [-0.3, -0.25) is 13.9 Å². The molecule has 0 bridgehead atoms. The molecule has 1 N–H and O–H groups in total. The monoisotopic (exact) mass is 555 g/mol. The van der Waals surface area contributed by atoms with E-state index in [0.717, 1.165) is 17.4 Å². The predicted octanol–water partition coefficient (Wildman–Crippen LogP) is 5.18. The number of hydrogen-bond acceptors (Lipinski definition) is 4. The van der Waals surface area contributed by atoms with Crippen molar-refractivity contribution in [3.63, 3.8) is 0 Å². The van der Waals surface area contributed by atoms with Crippen LogP contribution in [0.3, 0.4) is 0 Å². The van der Waals surface area contributed by atoms with Crippen molar-refractivity contribution < 1.29 is 18.0 Å². The highest BCUT2D eigenvalue weighted by Crippen LogP contribution is 2.25. The SMILES string of the molecule is CC[C@@H](C(=O)NC(C)C)N(Cc1ccc(Cl)c(Cl)c1)C(=O)CCCN(c1ccc(C)cc1)S(C)(=O)=O. The first-order valence-corrected chi connectivity index (χ1v) is 14.5. The number of rotatable bonds is 12. The fourth-order valence-electron chi connectivity index (χ4n) is 3.85. The van der Waals surface area contributed by atoms with Gasteiger partial charge in [-0.1, -0.05) is 53.9 Å². The van der Waals surface area contributed by atoms with E-state index in [4.69, 9.17) is 23.2 Å². The van der Waals surface area contributed by atoms with Gasteiger partial charge in [0.1, 0.15) is 6.04 Å². The summed E-state index contributed by atoms with van der Waals surface area (Å²) in [7, 11) is -3.54. The Bertz CT molecular complexity index is 1150. The third-order valence-corrected chi connectivity index (χ3v) is 7.56. The number of aryl methyl sites for hydroxylation is 1. The zero-order valence-electron chi connectivity index (χ0n) is 21.4. The van der Waals surface area contributed by atoms with Crippen LogP contribution in [0, 0.1) is 6.92 Å². The van der Waals surface area contributed by atoms with E-state index in [1.54, 1.807) is 30.3 Å². The molecule has 0 aliphatic rings. The molecule has 0 aromatic heterocycles. The highest BCUT2D eigenvalue weighted by Gasteiger charge is 2.29. The van der Waals surface area contributed by atoms with Crippen LogP contribution in [0.4, 0.5) is 5.69 Å². The van der Waals surface area contributed by atoms with Crippen LogP contribution in [0.5, 0.6) is 0 Å². The van der Waals surface area contributed by atoms with Crippen LogP contribution >= 0.6 is 23.2 Å². The smallest absolute Gasteiger partial charge is 0.243 e. The van der Waals surface area contributed by atoms with E-state index in [9.17, 15) is 18.0 Å². The van der Waals surface area contributed by atoms with Gasteiger partial charge in [0.25, 0.3) is 0 Å². The lowest BCUT2D eigenvalue weighted by atomic mass is 10.1. The molecule has 10 heteroatoms. The topological polar surface area (TPSA) is 86.8 Å². The highest BCUT2D eigenvalue weighted by molar-refractivity contribution is 7.92. The number of anilines is 1. The Kier molecular flexibility index (Phi) is 11.1. The van der Waals surface area contributed by atoms with Gasteiger partial charge in [-0.15, -0.1) is 0 Å². The van der Waals surface area contributed by atoms with Crippen molar-refractivity contribution >= 4 is 50.7 Å². The Morgan fingerprint density at radius 1 is 1.03 bits per heavy atom. The van der Waals surface area contributed by atoms with E-state index in [2.05, 4.69) is 5.32 Å². The van der Waals surface area contributed by atoms with Crippen LogP contribution < -0.4 is 9.62 Å². The first kappa shape index (κ1) is 29.9. The van der Waals surface area contributed by atoms with Gasteiger partial charge in [0.2, 0.25) is 21.8 Å². The molecule has 0 radical (unpaired) electrons. The van der Waals surface area contributed by atoms with Crippen LogP contribution in [-0.2, 0) is 26.2 Å². The summed E-state index contributed by atoms with van der Waals surface area (Å²) in [4.78, 5) is 27.9. The molecule has 36 heavy (non-hydrogen) atoms. The maximum Gasteiger partial charge on any atom is 0.243 e. The quantitative estimate of drug-likeness (QED) is 0.391. The minimum Gasteiger partial charge on any atom is -0.352 e. The van der Waals surface area contributed by atoms with Crippen molar-refractivity contribution in [2.75, 3.05) is 17.1 Å². The van der Waals surface area contributed by atoms with E-state index in [1.807, 2.05) is 39.8 Å². The fourth-order valence-corrected chi connectivity index (χ4v) is 5.14. The summed E-state index contributed by atoms with van der Waals surface area (Å²) in [6.07, 6.45) is 1.93. The molecule has 7 nitrogen and oxygen atoms in total. The van der Waals surface area contributed by atoms with E-state index in [0.29, 0.717) is 28.6 Å². The Balaban J connectivity index is 2.23. The van der Waals surface area contributed by atoms with E-state index in [-0.39, 0.29) is 37.4 Å². The first-order valence-electron chi connectivity index (χ1n) is 11.9. The predicted molar refractivity (Wildman–Crippen MR) is 147 cm³/mol. The summed E-state index contributed by atoms with van der Waals surface area (Å²) >= 11 is 12.2. The van der Waals surface area contributed by atoms with Crippen molar-refractivity contribution in [2.24, 2.45) is 0 Å². The van der Waals surface area contributed by atoms with Crippen molar-refractivity contribution in [1.82, 2.24) is 10.2 Å². The number of nitrogens with one attached hydrogen (secondary N) is 1. The Hall–Kier alpha value is -2.29. The molecule has 2 aromatic rings. The molecule has 2 amide bonds. The largest absolute Gasteiger partial charge is 0.352 e. The number of halogens is 2. The van der Waals surface area contributed by atoms with Crippen LogP contribution in [0.25, 0.3) is 0 Å². The van der Waals surface area contributed by atoms with E-state index >= 15 is 0 Å². The van der Waals surface area contributed by atoms with Crippen LogP contribution in [-0.4, -0.2) is 50.0 Å². The van der Waals surface area contributed by atoms with Gasteiger partial charge in [0, 0.05) is 25.6 Å². The molecular weight excluding hydrogens is 521 g/mol. The van der Waals surface area contributed by atoms with Crippen LogP contribution in [0.1, 0.15) is 51.2 Å².